The van der Waals surface area contributed by atoms with Crippen LogP contribution in [-0.4, -0.2) is 23.7 Å². The molecule has 80 valence electrons. The Bertz CT molecular complexity index is 379. The fourth-order valence-electron chi connectivity index (χ4n) is 1.97. The first kappa shape index (κ1) is 9.98. The van der Waals surface area contributed by atoms with Gasteiger partial charge in [0.05, 0.1) is 0 Å². The van der Waals surface area contributed by atoms with Crippen LogP contribution in [0.5, 0.6) is 0 Å². The molecule has 1 unspecified atom stereocenters. The Labute approximate surface area is 88.1 Å². The minimum Gasteiger partial charge on any atom is -0.480 e. The summed E-state index contributed by atoms with van der Waals surface area (Å²) in [4.78, 5) is 10.7. The summed E-state index contributed by atoms with van der Waals surface area (Å²) in [6, 6.07) is 7.18. The van der Waals surface area contributed by atoms with Crippen molar-refractivity contribution >= 4 is 11.7 Å². The van der Waals surface area contributed by atoms with Crippen molar-refractivity contribution in [3.63, 3.8) is 0 Å². The lowest BCUT2D eigenvalue weighted by atomic mass is 9.94. The standard InChI is InChI=1S/C11H14N2O2/c12-9(11(14)15)5-7-6-13-10-4-2-1-3-8(7)10/h1-4,7,9,13H,5-6,12H2,(H,14,15)/t7?,9-/m0/s1. The van der Waals surface area contributed by atoms with Gasteiger partial charge in [0.2, 0.25) is 0 Å². The highest BCUT2D eigenvalue weighted by atomic mass is 16.4. The normalized spacial score (nSPS) is 20.5. The van der Waals surface area contributed by atoms with Crippen molar-refractivity contribution < 1.29 is 9.90 Å². The van der Waals surface area contributed by atoms with Gasteiger partial charge >= 0.3 is 5.97 Å². The molecular formula is C11H14N2O2. The monoisotopic (exact) mass is 206 g/mol. The van der Waals surface area contributed by atoms with Gasteiger partial charge in [0, 0.05) is 18.2 Å². The lowest BCUT2D eigenvalue weighted by Gasteiger charge is -2.12. The molecule has 0 amide bonds. The summed E-state index contributed by atoms with van der Waals surface area (Å²) in [7, 11) is 0. The van der Waals surface area contributed by atoms with Crippen LogP contribution in [0.1, 0.15) is 17.9 Å². The van der Waals surface area contributed by atoms with Crippen molar-refractivity contribution in [2.75, 3.05) is 11.9 Å². The number of nitrogens with two attached hydrogens (primary N) is 1. The maximum atomic E-state index is 10.7. The third-order valence-corrected chi connectivity index (χ3v) is 2.80. The fourth-order valence-corrected chi connectivity index (χ4v) is 1.97. The number of carbonyl (C=O) groups is 1. The molecule has 4 nitrogen and oxygen atoms in total. The van der Waals surface area contributed by atoms with Gasteiger partial charge < -0.3 is 16.2 Å². The SMILES string of the molecule is N[C@@H](CC1CNc2ccccc21)C(=O)O. The zero-order valence-electron chi connectivity index (χ0n) is 8.31. The second-order valence-electron chi connectivity index (χ2n) is 3.85. The van der Waals surface area contributed by atoms with Gasteiger partial charge in [0.25, 0.3) is 0 Å². The number of para-hydroxylation sites is 1. The van der Waals surface area contributed by atoms with E-state index in [1.165, 1.54) is 5.56 Å². The van der Waals surface area contributed by atoms with Crippen molar-refractivity contribution in [1.29, 1.82) is 0 Å². The minimum absolute atomic E-state index is 0.215. The van der Waals surface area contributed by atoms with Crippen LogP contribution in [0.15, 0.2) is 24.3 Å². The molecule has 0 fully saturated rings. The van der Waals surface area contributed by atoms with Crippen LogP contribution < -0.4 is 11.1 Å². The van der Waals surface area contributed by atoms with Gasteiger partial charge in [0.1, 0.15) is 6.04 Å². The summed E-state index contributed by atoms with van der Waals surface area (Å²) < 4.78 is 0. The van der Waals surface area contributed by atoms with Crippen LogP contribution in [0.25, 0.3) is 0 Å². The van der Waals surface area contributed by atoms with Gasteiger partial charge in [-0.15, -0.1) is 0 Å². The summed E-state index contributed by atoms with van der Waals surface area (Å²) in [5, 5.41) is 12.0. The van der Waals surface area contributed by atoms with Crippen molar-refractivity contribution in [3.05, 3.63) is 29.8 Å². The van der Waals surface area contributed by atoms with E-state index in [0.29, 0.717) is 6.42 Å². The lowest BCUT2D eigenvalue weighted by molar-refractivity contribution is -0.138. The molecule has 2 atom stereocenters. The Morgan fingerprint density at radius 2 is 2.33 bits per heavy atom. The number of hydrogen-bond donors (Lipinski definition) is 3. The number of fused-ring (bicyclic) bond motifs is 1. The third kappa shape index (κ3) is 1.94. The van der Waals surface area contributed by atoms with Gasteiger partial charge in [-0.1, -0.05) is 18.2 Å². The van der Waals surface area contributed by atoms with E-state index in [9.17, 15) is 4.79 Å². The average molecular weight is 206 g/mol. The topological polar surface area (TPSA) is 75.3 Å². The Kier molecular flexibility index (Phi) is 2.60. The third-order valence-electron chi connectivity index (χ3n) is 2.80. The van der Waals surface area contributed by atoms with E-state index in [4.69, 9.17) is 10.8 Å². The van der Waals surface area contributed by atoms with Crippen LogP contribution in [0.2, 0.25) is 0 Å². The molecule has 2 rings (SSSR count). The number of carboxylic acid groups (broad SMARTS) is 1. The molecule has 1 aromatic rings. The van der Waals surface area contributed by atoms with Crippen molar-refractivity contribution in [2.45, 2.75) is 18.4 Å². The highest BCUT2D eigenvalue weighted by Crippen LogP contribution is 2.33. The van der Waals surface area contributed by atoms with Crippen molar-refractivity contribution in [3.8, 4) is 0 Å². The molecule has 1 aromatic carbocycles. The first-order valence-corrected chi connectivity index (χ1v) is 4.99. The smallest absolute Gasteiger partial charge is 0.320 e. The number of hydrogen-bond acceptors (Lipinski definition) is 3. The number of benzene rings is 1. The van der Waals surface area contributed by atoms with Gasteiger partial charge in [-0.25, -0.2) is 0 Å². The Hall–Kier alpha value is -1.55. The van der Waals surface area contributed by atoms with Crippen LogP contribution in [0.4, 0.5) is 5.69 Å². The van der Waals surface area contributed by atoms with Crippen molar-refractivity contribution in [1.82, 2.24) is 0 Å². The van der Waals surface area contributed by atoms with E-state index in [-0.39, 0.29) is 5.92 Å². The maximum Gasteiger partial charge on any atom is 0.320 e. The zero-order valence-corrected chi connectivity index (χ0v) is 8.31. The first-order valence-electron chi connectivity index (χ1n) is 4.99. The van der Waals surface area contributed by atoms with E-state index < -0.39 is 12.0 Å². The van der Waals surface area contributed by atoms with E-state index >= 15 is 0 Å². The van der Waals surface area contributed by atoms with E-state index in [1.807, 2.05) is 24.3 Å². The van der Waals surface area contributed by atoms with Crippen LogP contribution in [-0.2, 0) is 4.79 Å². The van der Waals surface area contributed by atoms with Gasteiger partial charge in [-0.05, 0) is 18.1 Å². The highest BCUT2D eigenvalue weighted by Gasteiger charge is 2.25. The molecule has 0 spiro atoms. The molecule has 0 radical (unpaired) electrons. The molecule has 1 aliphatic heterocycles. The maximum absolute atomic E-state index is 10.7. The number of anilines is 1. The molecule has 0 aliphatic carbocycles. The number of carboxylic acids is 1. The predicted molar refractivity (Wildman–Crippen MR) is 57.9 cm³/mol. The molecular weight excluding hydrogens is 192 g/mol. The quantitative estimate of drug-likeness (QED) is 0.689. The highest BCUT2D eigenvalue weighted by molar-refractivity contribution is 5.73. The number of rotatable bonds is 3. The van der Waals surface area contributed by atoms with E-state index in [0.717, 1.165) is 12.2 Å². The molecule has 0 aromatic heterocycles. The Morgan fingerprint density at radius 1 is 1.60 bits per heavy atom. The summed E-state index contributed by atoms with van der Waals surface area (Å²) in [5.41, 5.74) is 7.80. The predicted octanol–water partition coefficient (Wildman–Crippen LogP) is 0.998. The van der Waals surface area contributed by atoms with Crippen molar-refractivity contribution in [2.24, 2.45) is 5.73 Å². The molecule has 4 heteroatoms. The molecule has 4 N–H and O–H groups in total. The molecule has 0 bridgehead atoms. The Balaban J connectivity index is 2.11. The second kappa shape index (κ2) is 3.90. The van der Waals surface area contributed by atoms with E-state index in [2.05, 4.69) is 5.32 Å². The second-order valence-corrected chi connectivity index (χ2v) is 3.85. The van der Waals surface area contributed by atoms with Crippen LogP contribution in [0.3, 0.4) is 0 Å². The number of aliphatic carboxylic acids is 1. The first-order chi connectivity index (χ1) is 7.18. The summed E-state index contributed by atoms with van der Waals surface area (Å²) in [5.74, 6) is -0.716. The molecule has 1 aliphatic rings. The van der Waals surface area contributed by atoms with Crippen LogP contribution in [0, 0.1) is 0 Å². The Morgan fingerprint density at radius 3 is 3.07 bits per heavy atom. The summed E-state index contributed by atoms with van der Waals surface area (Å²) in [6.45, 7) is 0.778. The molecule has 15 heavy (non-hydrogen) atoms. The fraction of sp³-hybridized carbons (Fsp3) is 0.364. The van der Waals surface area contributed by atoms with E-state index in [1.54, 1.807) is 0 Å². The van der Waals surface area contributed by atoms with Gasteiger partial charge in [-0.3, -0.25) is 4.79 Å². The summed E-state index contributed by atoms with van der Waals surface area (Å²) in [6.07, 6.45) is 0.485. The summed E-state index contributed by atoms with van der Waals surface area (Å²) >= 11 is 0. The number of nitrogens with one attached hydrogen (secondary N) is 1. The minimum atomic E-state index is -0.931. The molecule has 1 heterocycles. The van der Waals surface area contributed by atoms with Gasteiger partial charge in [0.15, 0.2) is 0 Å². The average Bonchev–Trinajstić information content (AvgIpc) is 2.62. The molecule has 0 saturated carbocycles. The lowest BCUT2D eigenvalue weighted by Crippen LogP contribution is -2.32. The van der Waals surface area contributed by atoms with Crippen LogP contribution >= 0.6 is 0 Å². The largest absolute Gasteiger partial charge is 0.480 e. The molecule has 0 saturated heterocycles. The van der Waals surface area contributed by atoms with Gasteiger partial charge in [-0.2, -0.15) is 0 Å². The zero-order chi connectivity index (χ0) is 10.8.